The van der Waals surface area contributed by atoms with Gasteiger partial charge in [0, 0.05) is 68.8 Å². The lowest BCUT2D eigenvalue weighted by atomic mass is 10.1. The molecule has 0 aliphatic rings. The molecule has 0 saturated carbocycles. The Kier molecular flexibility index (Phi) is 21.2. The number of H-pyrrole nitrogens is 1. The molecule has 2 heterocycles. The summed E-state index contributed by atoms with van der Waals surface area (Å²) in [6.07, 6.45) is 4.75. The van der Waals surface area contributed by atoms with Crippen LogP contribution < -0.4 is 41.8 Å². The lowest BCUT2D eigenvalue weighted by Gasteiger charge is -2.23. The minimum Gasteiger partial charge on any atom is -0.494 e. The van der Waals surface area contributed by atoms with Gasteiger partial charge >= 0.3 is 17.9 Å². The maximum Gasteiger partial charge on any atom is 0.323 e. The van der Waals surface area contributed by atoms with Crippen LogP contribution in [0.5, 0.6) is 5.75 Å². The van der Waals surface area contributed by atoms with Gasteiger partial charge in [-0.25, -0.2) is 13.4 Å². The van der Waals surface area contributed by atoms with Crippen LogP contribution in [0.4, 0.5) is 5.95 Å². The lowest BCUT2D eigenvalue weighted by Crippen LogP contribution is -2.52. The Hall–Kier alpha value is -7.12. The summed E-state index contributed by atoms with van der Waals surface area (Å²) in [5.41, 5.74) is 6.03. The number of carboxylic acids is 1. The predicted molar refractivity (Wildman–Crippen MR) is 268 cm³/mol. The van der Waals surface area contributed by atoms with Gasteiger partial charge in [0.15, 0.2) is 5.95 Å². The highest BCUT2D eigenvalue weighted by Crippen LogP contribution is 2.26. The molecule has 0 spiro atoms. The zero-order chi connectivity index (χ0) is 54.1. The number of esters is 2. The number of amides is 4. The van der Waals surface area contributed by atoms with Crippen LogP contribution in [-0.2, 0) is 54.8 Å². The van der Waals surface area contributed by atoms with Gasteiger partial charge in [-0.1, -0.05) is 0 Å². The van der Waals surface area contributed by atoms with E-state index in [9.17, 15) is 47.1 Å². The molecule has 4 aromatic rings. The molecule has 4 amide bonds. The molecule has 0 radical (unpaired) electrons. The zero-order valence-corrected chi connectivity index (χ0v) is 43.3. The fraction of sp³-hybridized carbons (Fsp3) is 0.521. The quantitative estimate of drug-likeness (QED) is 0.0290. The minimum atomic E-state index is -4.43. The molecule has 0 aliphatic carbocycles. The number of benzene rings is 2. The van der Waals surface area contributed by atoms with Crippen molar-refractivity contribution in [3.63, 3.8) is 0 Å². The number of fused-ring (bicyclic) bond motifs is 1. The Labute approximate surface area is 424 Å². The normalized spacial score (nSPS) is 13.0. The third-order valence-electron chi connectivity index (χ3n) is 10.5. The maximum atomic E-state index is 13.6. The minimum absolute atomic E-state index is 0.0206. The first kappa shape index (κ1) is 58.5. The first-order valence-electron chi connectivity index (χ1n) is 23.7. The van der Waals surface area contributed by atoms with Crippen molar-refractivity contribution in [2.45, 2.75) is 135 Å². The highest BCUT2D eigenvalue weighted by atomic mass is 32.2. The van der Waals surface area contributed by atoms with Gasteiger partial charge in [0.1, 0.15) is 29.0 Å². The van der Waals surface area contributed by atoms with Gasteiger partial charge in [-0.15, -0.1) is 0 Å². The number of hydrogen-bond donors (Lipinski definition) is 9. The highest BCUT2D eigenvalue weighted by molar-refractivity contribution is 7.89. The third-order valence-corrected chi connectivity index (χ3v) is 12.2. The molecule has 25 heteroatoms. The van der Waals surface area contributed by atoms with Crippen molar-refractivity contribution in [3.8, 4) is 5.75 Å². The summed E-state index contributed by atoms with van der Waals surface area (Å²) in [7, 11) is -4.43. The number of hydrogen-bond acceptors (Lipinski definition) is 16. The van der Waals surface area contributed by atoms with E-state index in [2.05, 4.69) is 46.4 Å². The van der Waals surface area contributed by atoms with E-state index in [-0.39, 0.29) is 85.7 Å². The molecule has 2 aromatic carbocycles. The van der Waals surface area contributed by atoms with Gasteiger partial charge < -0.3 is 56.6 Å². The SMILES string of the molecule is Cc1cc(OCCCC(=O)NCCNC(=O)C(CCC(=O)OC(C)(C)C)NC(=O)[C@@H](N)CCC(=O)OC(C)(C)C)cc(C)c1S(=O)(=O)N[C@@H](CNC(=O)c1ccc2c(cnn2CCNc2ncc[nH]2)c1)C(=O)O. The first-order valence-corrected chi connectivity index (χ1v) is 25.2. The van der Waals surface area contributed by atoms with Gasteiger partial charge in [0.2, 0.25) is 27.7 Å². The van der Waals surface area contributed by atoms with E-state index in [1.165, 1.54) is 26.0 Å². The van der Waals surface area contributed by atoms with Crippen LogP contribution in [0.15, 0.2) is 53.8 Å². The van der Waals surface area contributed by atoms with Crippen LogP contribution in [0.1, 0.15) is 102 Å². The maximum absolute atomic E-state index is 13.6. The fourth-order valence-electron chi connectivity index (χ4n) is 7.21. The molecule has 0 aliphatic heterocycles. The van der Waals surface area contributed by atoms with Crippen LogP contribution in [0, 0.1) is 13.8 Å². The van der Waals surface area contributed by atoms with Crippen molar-refractivity contribution >= 4 is 68.4 Å². The van der Waals surface area contributed by atoms with Gasteiger partial charge in [0.05, 0.1) is 35.8 Å². The Morgan fingerprint density at radius 1 is 0.822 bits per heavy atom. The van der Waals surface area contributed by atoms with Crippen LogP contribution in [0.25, 0.3) is 10.9 Å². The second kappa shape index (κ2) is 26.5. The van der Waals surface area contributed by atoms with Crippen molar-refractivity contribution in [2.75, 3.05) is 38.1 Å². The predicted octanol–water partition coefficient (Wildman–Crippen LogP) is 2.10. The molecule has 73 heavy (non-hydrogen) atoms. The summed E-state index contributed by atoms with van der Waals surface area (Å²) in [5.74, 6) is -4.01. The Bertz CT molecular complexity index is 2650. The molecule has 0 saturated heterocycles. The Morgan fingerprint density at radius 2 is 1.47 bits per heavy atom. The number of aromatic amines is 1. The van der Waals surface area contributed by atoms with Crippen molar-refractivity contribution in [2.24, 2.45) is 5.73 Å². The van der Waals surface area contributed by atoms with E-state index in [0.29, 0.717) is 30.2 Å². The molecule has 3 atom stereocenters. The van der Waals surface area contributed by atoms with Crippen molar-refractivity contribution in [1.29, 1.82) is 0 Å². The van der Waals surface area contributed by atoms with E-state index in [1.54, 1.807) is 83.0 Å². The van der Waals surface area contributed by atoms with E-state index in [4.69, 9.17) is 19.9 Å². The second-order valence-corrected chi connectivity index (χ2v) is 20.8. The van der Waals surface area contributed by atoms with E-state index in [0.717, 1.165) is 5.52 Å². The smallest absolute Gasteiger partial charge is 0.323 e. The number of imidazole rings is 1. The monoisotopic (exact) mass is 1040 g/mol. The number of carbonyl (C=O) groups is 7. The number of anilines is 1. The fourth-order valence-corrected chi connectivity index (χ4v) is 8.85. The van der Waals surface area contributed by atoms with Crippen molar-refractivity contribution in [3.05, 3.63) is 65.6 Å². The summed E-state index contributed by atoms with van der Waals surface area (Å²) in [5, 5.41) is 28.5. The number of carboxylic acid groups (broad SMARTS) is 1. The molecule has 24 nitrogen and oxygen atoms in total. The molecule has 2 aromatic heterocycles. The first-order chi connectivity index (χ1) is 34.2. The van der Waals surface area contributed by atoms with E-state index >= 15 is 0 Å². The van der Waals surface area contributed by atoms with Gasteiger partial charge in [-0.2, -0.15) is 9.82 Å². The summed E-state index contributed by atoms with van der Waals surface area (Å²) in [6.45, 7) is 13.8. The molecular formula is C48H69N11O13S. The largest absolute Gasteiger partial charge is 0.494 e. The molecule has 1 unspecified atom stereocenters. The molecule has 4 rings (SSSR count). The number of ether oxygens (including phenoxy) is 3. The van der Waals surface area contributed by atoms with Crippen molar-refractivity contribution < 1.29 is 61.3 Å². The molecule has 0 fully saturated rings. The van der Waals surface area contributed by atoms with Crippen LogP contribution in [0.3, 0.4) is 0 Å². The van der Waals surface area contributed by atoms with E-state index in [1.807, 2.05) is 0 Å². The Balaban J connectivity index is 1.21. The highest BCUT2D eigenvalue weighted by Gasteiger charge is 2.30. The van der Waals surface area contributed by atoms with Crippen LogP contribution in [-0.4, -0.2) is 137 Å². The third kappa shape index (κ3) is 19.8. The topological polar surface area (TPSA) is 346 Å². The summed E-state index contributed by atoms with van der Waals surface area (Å²) in [4.78, 5) is 95.5. The van der Waals surface area contributed by atoms with Gasteiger partial charge in [-0.05, 0) is 116 Å². The van der Waals surface area contributed by atoms with Crippen LogP contribution >= 0.6 is 0 Å². The number of sulfonamides is 1. The number of nitrogens with two attached hydrogens (primary N) is 1. The molecule has 400 valence electrons. The molecule has 10 N–H and O–H groups in total. The number of nitrogens with one attached hydrogen (secondary N) is 7. The lowest BCUT2D eigenvalue weighted by molar-refractivity contribution is -0.156. The number of carbonyl (C=O) groups excluding carboxylic acids is 6. The average molecular weight is 1040 g/mol. The standard InChI is InChI=1S/C48H69N11O13S/c1-29-24-33(70-23-9-10-38(60)50-17-18-51-44(65)35(13-16-40(62)72-48(6,7)8)57-43(64)34(49)12-15-39(61)71-47(3,4)5)25-30(2)41(29)73(68,69)58-36(45(66)67)28-55-42(63)31-11-14-37-32(26-31)27-56-59(37)22-21-54-46-52-19-20-53-46/h11,14,19-20,24-27,34-36,58H,9-10,12-13,15-18,21-23,28,49H2,1-8H3,(H,50,60)(H,51,65)(H,55,63)(H,57,64)(H,66,67)(H2,52,53,54)/t34-,35?,36-/m0/s1. The van der Waals surface area contributed by atoms with E-state index < -0.39 is 81.5 Å². The van der Waals surface area contributed by atoms with Gasteiger partial charge in [-0.3, -0.25) is 38.2 Å². The number of nitrogens with zero attached hydrogens (tertiary/aromatic N) is 3. The number of aromatic nitrogens is 4. The second-order valence-electron chi connectivity index (χ2n) is 19.1. The zero-order valence-electron chi connectivity index (χ0n) is 42.5. The van der Waals surface area contributed by atoms with Gasteiger partial charge in [0.25, 0.3) is 5.91 Å². The Morgan fingerprint density at radius 3 is 2.08 bits per heavy atom. The average Bonchev–Trinajstić information content (AvgIpc) is 3.96. The number of aliphatic carboxylic acids is 1. The molecular weight excluding hydrogens is 971 g/mol. The summed E-state index contributed by atoms with van der Waals surface area (Å²) < 4.78 is 47.5. The molecule has 0 bridgehead atoms. The number of rotatable bonds is 28. The van der Waals surface area contributed by atoms with Crippen LogP contribution in [0.2, 0.25) is 0 Å². The summed E-state index contributed by atoms with van der Waals surface area (Å²) in [6, 6.07) is 3.77. The number of aryl methyl sites for hydroxylation is 2. The summed E-state index contributed by atoms with van der Waals surface area (Å²) >= 11 is 0. The van der Waals surface area contributed by atoms with Crippen molar-refractivity contribution in [1.82, 2.24) is 45.7 Å².